The number of carbonyl (C=O) groups is 3. The van der Waals surface area contributed by atoms with E-state index in [1.54, 1.807) is 11.3 Å². The Balaban J connectivity index is 1.14. The summed E-state index contributed by atoms with van der Waals surface area (Å²) in [7, 11) is 0. The number of nitrogens with zero attached hydrogens (tertiary/aromatic N) is 2. The van der Waals surface area contributed by atoms with Gasteiger partial charge < -0.3 is 9.88 Å². The number of rotatable bonds is 9. The molecule has 0 spiro atoms. The first-order valence-corrected chi connectivity index (χ1v) is 18.2. The Morgan fingerprint density at radius 2 is 1.49 bits per heavy atom. The SMILES string of the molecule is Cc1cc(C)cc(-c2[nH]c3sc(C(C)(C)C(=O)C4C5CCC4CC5)cc3c2C(=O)CN2CCC(CC(=O)N3CCCC3)CC2)c1. The standard InChI is InChI=1S/C38H49N3O3S/c1-23-17-24(2)19-28(18-23)35-34(30(42)22-40-15-11-25(12-16-40)20-32(43)41-13-5-6-14-41)29-21-31(45-37(29)39-35)38(3,4)36(44)33-26-7-8-27(33)10-9-26/h17-19,21,25-27,33,39H,5-16,20,22H2,1-4H3. The van der Waals surface area contributed by atoms with E-state index in [-0.39, 0.29) is 11.7 Å². The van der Waals surface area contributed by atoms with E-state index < -0.39 is 5.41 Å². The van der Waals surface area contributed by atoms with E-state index in [0.29, 0.717) is 42.4 Å². The van der Waals surface area contributed by atoms with Crippen LogP contribution in [0.4, 0.5) is 0 Å². The summed E-state index contributed by atoms with van der Waals surface area (Å²) in [4.78, 5) is 51.1. The van der Waals surface area contributed by atoms with Gasteiger partial charge in [-0.2, -0.15) is 0 Å². The van der Waals surface area contributed by atoms with Crippen molar-refractivity contribution in [3.63, 3.8) is 0 Å². The molecule has 7 heteroatoms. The molecule has 4 aliphatic rings. The predicted octanol–water partition coefficient (Wildman–Crippen LogP) is 7.70. The van der Waals surface area contributed by atoms with Crippen LogP contribution in [0.3, 0.4) is 0 Å². The van der Waals surface area contributed by atoms with Crippen LogP contribution in [0.15, 0.2) is 24.3 Å². The van der Waals surface area contributed by atoms with Crippen molar-refractivity contribution in [2.24, 2.45) is 23.7 Å². The third-order valence-electron chi connectivity index (χ3n) is 11.6. The second-order valence-electron chi connectivity index (χ2n) is 15.2. The van der Waals surface area contributed by atoms with Gasteiger partial charge in [-0.1, -0.05) is 17.2 Å². The minimum absolute atomic E-state index is 0.129. The lowest BCUT2D eigenvalue weighted by molar-refractivity contribution is -0.131. The Labute approximate surface area is 271 Å². The minimum Gasteiger partial charge on any atom is -0.346 e. The van der Waals surface area contributed by atoms with E-state index in [1.807, 2.05) is 4.90 Å². The zero-order chi connectivity index (χ0) is 31.5. The maximum atomic E-state index is 14.3. The van der Waals surface area contributed by atoms with Crippen molar-refractivity contribution in [1.82, 2.24) is 14.8 Å². The summed E-state index contributed by atoms with van der Waals surface area (Å²) in [5.41, 5.74) is 4.46. The monoisotopic (exact) mass is 627 g/mol. The number of likely N-dealkylation sites (tertiary alicyclic amines) is 2. The van der Waals surface area contributed by atoms with E-state index in [9.17, 15) is 14.4 Å². The van der Waals surface area contributed by atoms with Crippen molar-refractivity contribution in [3.8, 4) is 11.3 Å². The number of benzene rings is 1. The number of aryl methyl sites for hydroxylation is 2. The number of thiophene rings is 1. The Bertz CT molecular complexity index is 1580. The number of hydrogen-bond donors (Lipinski definition) is 1. The lowest BCUT2D eigenvalue weighted by Crippen LogP contribution is -2.39. The first kappa shape index (κ1) is 30.9. The van der Waals surface area contributed by atoms with Crippen LogP contribution in [0, 0.1) is 37.5 Å². The number of aromatic amines is 1. The van der Waals surface area contributed by atoms with Gasteiger partial charge in [-0.3, -0.25) is 19.3 Å². The fourth-order valence-electron chi connectivity index (χ4n) is 9.10. The van der Waals surface area contributed by atoms with Crippen LogP contribution in [-0.2, 0) is 15.0 Å². The van der Waals surface area contributed by atoms with Crippen LogP contribution in [0.2, 0.25) is 0 Å². The molecule has 1 N–H and O–H groups in total. The molecule has 2 aliphatic carbocycles. The molecular formula is C38H49N3O3S. The predicted molar refractivity (Wildman–Crippen MR) is 182 cm³/mol. The van der Waals surface area contributed by atoms with Crippen LogP contribution in [-0.4, -0.2) is 65.0 Å². The largest absolute Gasteiger partial charge is 0.346 e. The highest BCUT2D eigenvalue weighted by atomic mass is 32.1. The van der Waals surface area contributed by atoms with Crippen LogP contribution in [0.1, 0.15) is 98.0 Å². The second-order valence-corrected chi connectivity index (χ2v) is 16.3. The molecular weight excluding hydrogens is 579 g/mol. The second kappa shape index (κ2) is 12.1. The Morgan fingerprint density at radius 3 is 2.11 bits per heavy atom. The van der Waals surface area contributed by atoms with Gasteiger partial charge in [0.1, 0.15) is 10.6 Å². The number of aromatic nitrogens is 1. The summed E-state index contributed by atoms with van der Waals surface area (Å²) < 4.78 is 0. The smallest absolute Gasteiger partial charge is 0.222 e. The van der Waals surface area contributed by atoms with Crippen LogP contribution >= 0.6 is 11.3 Å². The molecule has 1 aromatic carbocycles. The van der Waals surface area contributed by atoms with Crippen molar-refractivity contribution in [2.45, 2.75) is 90.9 Å². The molecule has 2 saturated carbocycles. The number of piperidine rings is 1. The molecule has 0 atom stereocenters. The van der Waals surface area contributed by atoms with E-state index in [4.69, 9.17) is 0 Å². The fourth-order valence-corrected chi connectivity index (χ4v) is 10.3. The van der Waals surface area contributed by atoms with Gasteiger partial charge in [0.15, 0.2) is 5.78 Å². The van der Waals surface area contributed by atoms with E-state index in [0.717, 1.165) is 83.8 Å². The van der Waals surface area contributed by atoms with E-state index in [2.05, 4.69) is 61.8 Å². The first-order valence-electron chi connectivity index (χ1n) is 17.4. The minimum atomic E-state index is -0.574. The van der Waals surface area contributed by atoms with Gasteiger partial charge in [0, 0.05) is 35.7 Å². The van der Waals surface area contributed by atoms with Crippen molar-refractivity contribution in [2.75, 3.05) is 32.7 Å². The summed E-state index contributed by atoms with van der Waals surface area (Å²) in [5.74, 6) is 2.55. The van der Waals surface area contributed by atoms with Gasteiger partial charge in [0.2, 0.25) is 5.91 Å². The zero-order valence-corrected chi connectivity index (χ0v) is 28.4. The molecule has 0 unspecified atom stereocenters. The number of hydrogen-bond acceptors (Lipinski definition) is 5. The van der Waals surface area contributed by atoms with Crippen LogP contribution < -0.4 is 0 Å². The number of carbonyl (C=O) groups excluding carboxylic acids is 3. The number of ketones is 2. The Morgan fingerprint density at radius 1 is 0.867 bits per heavy atom. The van der Waals surface area contributed by atoms with Gasteiger partial charge >= 0.3 is 0 Å². The van der Waals surface area contributed by atoms with Crippen LogP contribution in [0.25, 0.3) is 21.5 Å². The van der Waals surface area contributed by atoms with Crippen molar-refractivity contribution in [1.29, 1.82) is 0 Å². The molecule has 2 aliphatic heterocycles. The lowest BCUT2D eigenvalue weighted by atomic mass is 9.76. The summed E-state index contributed by atoms with van der Waals surface area (Å²) in [5, 5.41) is 0.954. The zero-order valence-electron chi connectivity index (χ0n) is 27.5. The molecule has 3 aromatic rings. The van der Waals surface area contributed by atoms with E-state index >= 15 is 0 Å². The van der Waals surface area contributed by atoms with Gasteiger partial charge in [0.25, 0.3) is 0 Å². The molecule has 45 heavy (non-hydrogen) atoms. The van der Waals surface area contributed by atoms with Gasteiger partial charge in [0.05, 0.1) is 23.2 Å². The van der Waals surface area contributed by atoms with E-state index in [1.165, 1.54) is 36.8 Å². The number of fused-ring (bicyclic) bond motifs is 3. The summed E-state index contributed by atoms with van der Waals surface area (Å²) in [6.45, 7) is 12.3. The third-order valence-corrected chi connectivity index (χ3v) is 13.0. The molecule has 6 nitrogen and oxygen atoms in total. The molecule has 4 heterocycles. The number of amides is 1. The molecule has 2 saturated heterocycles. The van der Waals surface area contributed by atoms with Gasteiger partial charge in [-0.25, -0.2) is 0 Å². The van der Waals surface area contributed by atoms with Gasteiger partial charge in [-0.15, -0.1) is 11.3 Å². The summed E-state index contributed by atoms with van der Waals surface area (Å²) in [6.07, 6.45) is 9.62. The average molecular weight is 628 g/mol. The van der Waals surface area contributed by atoms with Crippen molar-refractivity contribution < 1.29 is 14.4 Å². The lowest BCUT2D eigenvalue weighted by Gasteiger charge is -2.32. The molecule has 2 bridgehead atoms. The van der Waals surface area contributed by atoms with Crippen LogP contribution in [0.5, 0.6) is 0 Å². The fraction of sp³-hybridized carbons (Fsp3) is 0.605. The molecule has 4 fully saturated rings. The highest BCUT2D eigenvalue weighted by Gasteiger charge is 2.50. The van der Waals surface area contributed by atoms with Crippen molar-refractivity contribution >= 4 is 39.0 Å². The molecule has 0 radical (unpaired) electrons. The highest BCUT2D eigenvalue weighted by Crippen LogP contribution is 2.53. The number of nitrogens with one attached hydrogen (secondary N) is 1. The molecule has 240 valence electrons. The Hall–Kier alpha value is -2.77. The quantitative estimate of drug-likeness (QED) is 0.247. The maximum Gasteiger partial charge on any atom is 0.222 e. The number of H-pyrrole nitrogens is 1. The molecule has 1 amide bonds. The normalized spacial score (nSPS) is 24.3. The number of Topliss-reactive ketones (excluding diaryl/α,β-unsaturated/α-hetero) is 2. The van der Waals surface area contributed by atoms with Crippen molar-refractivity contribution in [3.05, 3.63) is 45.8 Å². The Kier molecular flexibility index (Phi) is 8.31. The maximum absolute atomic E-state index is 14.3. The molecule has 2 aromatic heterocycles. The first-order chi connectivity index (χ1) is 21.6. The highest BCUT2D eigenvalue weighted by molar-refractivity contribution is 7.19. The third kappa shape index (κ3) is 5.84. The summed E-state index contributed by atoms with van der Waals surface area (Å²) in [6, 6.07) is 8.64. The average Bonchev–Trinajstić information content (AvgIpc) is 3.83. The summed E-state index contributed by atoms with van der Waals surface area (Å²) >= 11 is 1.65. The topological polar surface area (TPSA) is 73.5 Å². The molecule has 7 rings (SSSR count). The van der Waals surface area contributed by atoms with Gasteiger partial charge in [-0.05, 0) is 134 Å².